The first-order valence-corrected chi connectivity index (χ1v) is 6.08. The van der Waals surface area contributed by atoms with Crippen LogP contribution in [0.15, 0.2) is 16.6 Å². The van der Waals surface area contributed by atoms with Crippen LogP contribution in [-0.4, -0.2) is 17.0 Å². The minimum atomic E-state index is -0.141. The van der Waals surface area contributed by atoms with E-state index in [-0.39, 0.29) is 5.54 Å². The van der Waals surface area contributed by atoms with E-state index in [2.05, 4.69) is 64.1 Å². The van der Waals surface area contributed by atoms with E-state index in [1.807, 2.05) is 7.05 Å². The predicted molar refractivity (Wildman–Crippen MR) is 70.6 cm³/mol. The Morgan fingerprint density at radius 2 is 2.06 bits per heavy atom. The van der Waals surface area contributed by atoms with Crippen LogP contribution in [0.3, 0.4) is 0 Å². The van der Waals surface area contributed by atoms with Gasteiger partial charge in [-0.15, -0.1) is 0 Å². The lowest BCUT2D eigenvalue weighted by atomic mass is 10.1. The van der Waals surface area contributed by atoms with Crippen LogP contribution in [-0.2, 0) is 5.54 Å². The molecule has 0 unspecified atom stereocenters. The minimum absolute atomic E-state index is 0.141. The van der Waals surface area contributed by atoms with Gasteiger partial charge in [-0.25, -0.2) is 4.98 Å². The maximum Gasteiger partial charge on any atom is 0.127 e. The van der Waals surface area contributed by atoms with Crippen LogP contribution < -0.4 is 5.32 Å². The van der Waals surface area contributed by atoms with Gasteiger partial charge in [-0.3, -0.25) is 0 Å². The highest BCUT2D eigenvalue weighted by molar-refractivity contribution is 9.10. The molecule has 86 valence electrons. The van der Waals surface area contributed by atoms with Crippen molar-refractivity contribution in [2.75, 3.05) is 7.05 Å². The Hall–Kier alpha value is -0.870. The van der Waals surface area contributed by atoms with Gasteiger partial charge in [0.2, 0.25) is 0 Å². The molecule has 2 rings (SSSR count). The van der Waals surface area contributed by atoms with Crippen LogP contribution in [0.1, 0.15) is 25.2 Å². The zero-order chi connectivity index (χ0) is 11.9. The standard InChI is InChI=1S/C12H16BrN3/c1-7-5-8(13)6-9-10(7)16-11(15-9)12(2,3)14-4/h5-6,14H,1-4H3,(H,15,16). The number of aromatic amines is 1. The molecule has 1 aromatic heterocycles. The van der Waals surface area contributed by atoms with Crippen molar-refractivity contribution in [3.63, 3.8) is 0 Å². The van der Waals surface area contributed by atoms with Crippen molar-refractivity contribution < 1.29 is 0 Å². The van der Waals surface area contributed by atoms with Crippen LogP contribution in [0.25, 0.3) is 11.0 Å². The van der Waals surface area contributed by atoms with Crippen LogP contribution in [0.5, 0.6) is 0 Å². The third-order valence-electron chi connectivity index (χ3n) is 2.96. The maximum atomic E-state index is 4.66. The summed E-state index contributed by atoms with van der Waals surface area (Å²) in [6.07, 6.45) is 0. The number of H-pyrrole nitrogens is 1. The van der Waals surface area contributed by atoms with Gasteiger partial charge in [0.05, 0.1) is 16.6 Å². The summed E-state index contributed by atoms with van der Waals surface area (Å²) in [5.74, 6) is 0.964. The average molecular weight is 282 g/mol. The normalized spacial score (nSPS) is 12.3. The molecule has 0 amide bonds. The van der Waals surface area contributed by atoms with Crippen molar-refractivity contribution in [1.82, 2.24) is 15.3 Å². The van der Waals surface area contributed by atoms with Gasteiger partial charge in [0.25, 0.3) is 0 Å². The van der Waals surface area contributed by atoms with E-state index < -0.39 is 0 Å². The van der Waals surface area contributed by atoms with Crippen molar-refractivity contribution in [3.05, 3.63) is 28.0 Å². The molecule has 0 aliphatic heterocycles. The molecule has 0 radical (unpaired) electrons. The van der Waals surface area contributed by atoms with Gasteiger partial charge in [-0.1, -0.05) is 15.9 Å². The summed E-state index contributed by atoms with van der Waals surface area (Å²) < 4.78 is 1.08. The molecule has 2 N–H and O–H groups in total. The Morgan fingerprint density at radius 3 is 2.69 bits per heavy atom. The minimum Gasteiger partial charge on any atom is -0.340 e. The summed E-state index contributed by atoms with van der Waals surface area (Å²) in [7, 11) is 1.94. The summed E-state index contributed by atoms with van der Waals surface area (Å²) in [6, 6.07) is 4.14. The number of fused-ring (bicyclic) bond motifs is 1. The van der Waals surface area contributed by atoms with Gasteiger partial charge >= 0.3 is 0 Å². The van der Waals surface area contributed by atoms with Crippen molar-refractivity contribution in [1.29, 1.82) is 0 Å². The van der Waals surface area contributed by atoms with E-state index in [4.69, 9.17) is 0 Å². The first kappa shape index (κ1) is 11.6. The molecule has 0 bridgehead atoms. The summed E-state index contributed by atoms with van der Waals surface area (Å²) in [5, 5.41) is 3.25. The molecular formula is C12H16BrN3. The molecule has 0 saturated carbocycles. The Bertz CT molecular complexity index is 528. The molecule has 0 atom stereocenters. The lowest BCUT2D eigenvalue weighted by Crippen LogP contribution is -2.34. The zero-order valence-electron chi connectivity index (χ0n) is 9.98. The highest BCUT2D eigenvalue weighted by atomic mass is 79.9. The maximum absolute atomic E-state index is 4.66. The van der Waals surface area contributed by atoms with E-state index in [1.54, 1.807) is 0 Å². The average Bonchev–Trinajstić information content (AvgIpc) is 2.62. The predicted octanol–water partition coefficient (Wildman–Crippen LogP) is 3.09. The fourth-order valence-corrected chi connectivity index (χ4v) is 2.23. The van der Waals surface area contributed by atoms with Gasteiger partial charge in [0.15, 0.2) is 0 Å². The fourth-order valence-electron chi connectivity index (χ4n) is 1.66. The molecule has 0 fully saturated rings. The second-order valence-corrected chi connectivity index (χ2v) is 5.49. The number of halogens is 1. The summed E-state index contributed by atoms with van der Waals surface area (Å²) in [6.45, 7) is 6.29. The Kier molecular flexibility index (Phi) is 2.80. The molecule has 1 heterocycles. The molecule has 2 aromatic rings. The number of hydrogen-bond acceptors (Lipinski definition) is 2. The molecule has 0 aliphatic rings. The highest BCUT2D eigenvalue weighted by Crippen LogP contribution is 2.25. The topological polar surface area (TPSA) is 40.7 Å². The third-order valence-corrected chi connectivity index (χ3v) is 3.42. The summed E-state index contributed by atoms with van der Waals surface area (Å²) >= 11 is 3.50. The van der Waals surface area contributed by atoms with Crippen molar-refractivity contribution >= 4 is 27.0 Å². The summed E-state index contributed by atoms with van der Waals surface area (Å²) in [5.41, 5.74) is 3.16. The largest absolute Gasteiger partial charge is 0.340 e. The molecule has 16 heavy (non-hydrogen) atoms. The second-order valence-electron chi connectivity index (χ2n) is 4.58. The first-order chi connectivity index (χ1) is 7.44. The Labute approximate surface area is 104 Å². The lowest BCUT2D eigenvalue weighted by molar-refractivity contribution is 0.422. The number of nitrogens with zero attached hydrogens (tertiary/aromatic N) is 1. The van der Waals surface area contributed by atoms with Crippen LogP contribution in [0, 0.1) is 6.92 Å². The van der Waals surface area contributed by atoms with Gasteiger partial charge in [0.1, 0.15) is 5.82 Å². The molecule has 3 nitrogen and oxygen atoms in total. The van der Waals surface area contributed by atoms with E-state index >= 15 is 0 Å². The zero-order valence-corrected chi connectivity index (χ0v) is 11.6. The second kappa shape index (κ2) is 3.86. The third kappa shape index (κ3) is 1.87. The van der Waals surface area contributed by atoms with Gasteiger partial charge in [-0.2, -0.15) is 0 Å². The molecule has 0 saturated heterocycles. The smallest absolute Gasteiger partial charge is 0.127 e. The van der Waals surface area contributed by atoms with Crippen molar-refractivity contribution in [2.45, 2.75) is 26.3 Å². The van der Waals surface area contributed by atoms with Crippen molar-refractivity contribution in [3.8, 4) is 0 Å². The van der Waals surface area contributed by atoms with E-state index in [0.717, 1.165) is 21.3 Å². The van der Waals surface area contributed by atoms with Gasteiger partial charge in [-0.05, 0) is 45.5 Å². The number of aromatic nitrogens is 2. The van der Waals surface area contributed by atoms with E-state index in [0.29, 0.717) is 0 Å². The van der Waals surface area contributed by atoms with Crippen LogP contribution in [0.2, 0.25) is 0 Å². The summed E-state index contributed by atoms with van der Waals surface area (Å²) in [4.78, 5) is 8.02. The SMILES string of the molecule is CNC(C)(C)c1nc2c(C)cc(Br)cc2[nH]1. The van der Waals surface area contributed by atoms with Crippen LogP contribution >= 0.6 is 15.9 Å². The monoisotopic (exact) mass is 281 g/mol. The molecule has 0 spiro atoms. The van der Waals surface area contributed by atoms with Crippen molar-refractivity contribution in [2.24, 2.45) is 0 Å². The number of aryl methyl sites for hydroxylation is 1. The van der Waals surface area contributed by atoms with Gasteiger partial charge in [0, 0.05) is 4.47 Å². The molecule has 4 heteroatoms. The number of benzene rings is 1. The molecule has 1 aromatic carbocycles. The Morgan fingerprint density at radius 1 is 1.38 bits per heavy atom. The molecular weight excluding hydrogens is 266 g/mol. The fraction of sp³-hybridized carbons (Fsp3) is 0.417. The van der Waals surface area contributed by atoms with E-state index in [9.17, 15) is 0 Å². The first-order valence-electron chi connectivity index (χ1n) is 5.29. The van der Waals surface area contributed by atoms with E-state index in [1.165, 1.54) is 5.56 Å². The number of imidazole rings is 1. The highest BCUT2D eigenvalue weighted by Gasteiger charge is 2.22. The Balaban J connectivity index is 2.65. The number of nitrogens with one attached hydrogen (secondary N) is 2. The number of rotatable bonds is 2. The molecule has 0 aliphatic carbocycles. The number of hydrogen-bond donors (Lipinski definition) is 2. The quantitative estimate of drug-likeness (QED) is 0.888. The van der Waals surface area contributed by atoms with Crippen LogP contribution in [0.4, 0.5) is 0 Å². The van der Waals surface area contributed by atoms with Gasteiger partial charge < -0.3 is 10.3 Å². The lowest BCUT2D eigenvalue weighted by Gasteiger charge is -2.20.